The Kier molecular flexibility index (Phi) is 5.64. The number of ether oxygens (including phenoxy) is 1. The van der Waals surface area contributed by atoms with E-state index in [0.29, 0.717) is 0 Å². The SMILES string of the molecule is CNC(CSc1nncn1C)c1ccc(OC(C)C)cc1. The number of hydrogen-bond acceptors (Lipinski definition) is 5. The number of thioether (sulfide) groups is 1. The standard InChI is InChI=1S/C15H22N4OS/c1-11(2)20-13-7-5-12(6-8-13)14(16-3)9-21-15-18-17-10-19(15)4/h5-8,10-11,14,16H,9H2,1-4H3. The minimum atomic E-state index is 0.197. The van der Waals surface area contributed by atoms with Crippen molar-refractivity contribution in [2.45, 2.75) is 31.1 Å². The zero-order valence-electron chi connectivity index (χ0n) is 12.9. The molecular formula is C15H22N4OS. The van der Waals surface area contributed by atoms with E-state index in [2.05, 4.69) is 27.6 Å². The van der Waals surface area contributed by atoms with E-state index >= 15 is 0 Å². The van der Waals surface area contributed by atoms with Gasteiger partial charge < -0.3 is 14.6 Å². The Morgan fingerprint density at radius 3 is 2.52 bits per heavy atom. The molecule has 0 aliphatic heterocycles. The summed E-state index contributed by atoms with van der Waals surface area (Å²) in [6, 6.07) is 8.52. The molecule has 0 amide bonds. The van der Waals surface area contributed by atoms with Gasteiger partial charge in [0, 0.05) is 18.8 Å². The largest absolute Gasteiger partial charge is 0.491 e. The fraction of sp³-hybridized carbons (Fsp3) is 0.467. The lowest BCUT2D eigenvalue weighted by Crippen LogP contribution is -2.19. The predicted molar refractivity (Wildman–Crippen MR) is 85.7 cm³/mol. The van der Waals surface area contributed by atoms with Gasteiger partial charge in [-0.3, -0.25) is 0 Å². The molecule has 6 heteroatoms. The average molecular weight is 306 g/mol. The monoisotopic (exact) mass is 306 g/mol. The summed E-state index contributed by atoms with van der Waals surface area (Å²) in [5.41, 5.74) is 1.24. The molecular weight excluding hydrogens is 284 g/mol. The molecule has 2 rings (SSSR count). The number of rotatable bonds is 7. The number of hydrogen-bond donors (Lipinski definition) is 1. The first-order valence-electron chi connectivity index (χ1n) is 7.01. The van der Waals surface area contributed by atoms with Crippen molar-refractivity contribution in [3.05, 3.63) is 36.2 Å². The number of benzene rings is 1. The van der Waals surface area contributed by atoms with Gasteiger partial charge in [0.05, 0.1) is 6.10 Å². The summed E-state index contributed by atoms with van der Waals surface area (Å²) in [4.78, 5) is 0. The maximum atomic E-state index is 5.67. The maximum absolute atomic E-state index is 5.67. The van der Waals surface area contributed by atoms with Gasteiger partial charge in [0.15, 0.2) is 5.16 Å². The summed E-state index contributed by atoms with van der Waals surface area (Å²) in [6.07, 6.45) is 1.91. The van der Waals surface area contributed by atoms with Gasteiger partial charge in [-0.15, -0.1) is 10.2 Å². The van der Waals surface area contributed by atoms with Crippen molar-refractivity contribution in [1.82, 2.24) is 20.1 Å². The van der Waals surface area contributed by atoms with Crippen LogP contribution >= 0.6 is 11.8 Å². The third-order valence-corrected chi connectivity index (χ3v) is 4.18. The zero-order chi connectivity index (χ0) is 15.2. The average Bonchev–Trinajstić information content (AvgIpc) is 2.86. The molecule has 1 aromatic carbocycles. The van der Waals surface area contributed by atoms with Crippen molar-refractivity contribution >= 4 is 11.8 Å². The Bertz CT molecular complexity index is 553. The summed E-state index contributed by atoms with van der Waals surface area (Å²) in [7, 11) is 3.93. The summed E-state index contributed by atoms with van der Waals surface area (Å²) < 4.78 is 7.60. The third-order valence-electron chi connectivity index (χ3n) is 3.05. The molecule has 1 N–H and O–H groups in total. The summed E-state index contributed by atoms with van der Waals surface area (Å²) in [5.74, 6) is 1.80. The molecule has 1 unspecified atom stereocenters. The van der Waals surface area contributed by atoms with Crippen LogP contribution in [0.5, 0.6) is 5.75 Å². The number of aromatic nitrogens is 3. The van der Waals surface area contributed by atoms with Crippen LogP contribution in [0.3, 0.4) is 0 Å². The van der Waals surface area contributed by atoms with Gasteiger partial charge in [0.2, 0.25) is 0 Å². The highest BCUT2D eigenvalue weighted by atomic mass is 32.2. The molecule has 2 aromatic rings. The Morgan fingerprint density at radius 2 is 2.00 bits per heavy atom. The van der Waals surface area contributed by atoms with Crippen LogP contribution in [0.15, 0.2) is 35.7 Å². The van der Waals surface area contributed by atoms with Crippen LogP contribution in [-0.2, 0) is 7.05 Å². The first-order chi connectivity index (χ1) is 10.1. The third kappa shape index (κ3) is 4.47. The van der Waals surface area contributed by atoms with Crippen LogP contribution < -0.4 is 10.1 Å². The van der Waals surface area contributed by atoms with E-state index in [0.717, 1.165) is 16.7 Å². The molecule has 5 nitrogen and oxygen atoms in total. The minimum Gasteiger partial charge on any atom is -0.491 e. The second kappa shape index (κ2) is 7.47. The normalized spacial score (nSPS) is 12.6. The molecule has 0 aliphatic carbocycles. The maximum Gasteiger partial charge on any atom is 0.190 e. The first kappa shape index (κ1) is 15.9. The molecule has 0 saturated carbocycles. The van der Waals surface area contributed by atoms with Crippen LogP contribution in [-0.4, -0.2) is 33.7 Å². The van der Waals surface area contributed by atoms with Gasteiger partial charge in [-0.25, -0.2) is 0 Å². The number of aryl methyl sites for hydroxylation is 1. The van der Waals surface area contributed by atoms with Crippen LogP contribution in [0.4, 0.5) is 0 Å². The van der Waals surface area contributed by atoms with Crippen molar-refractivity contribution < 1.29 is 4.74 Å². The summed E-state index contributed by atoms with van der Waals surface area (Å²) >= 11 is 1.69. The predicted octanol–water partition coefficient (Wildman–Crippen LogP) is 2.66. The zero-order valence-corrected chi connectivity index (χ0v) is 13.7. The lowest BCUT2D eigenvalue weighted by atomic mass is 10.1. The Hall–Kier alpha value is -1.53. The Balaban J connectivity index is 1.98. The van der Waals surface area contributed by atoms with E-state index < -0.39 is 0 Å². The van der Waals surface area contributed by atoms with Crippen LogP contribution in [0.25, 0.3) is 0 Å². The summed E-state index contributed by atoms with van der Waals surface area (Å²) in [6.45, 7) is 4.06. The lowest BCUT2D eigenvalue weighted by Gasteiger charge is -2.17. The molecule has 0 bridgehead atoms. The topological polar surface area (TPSA) is 52.0 Å². The van der Waals surface area contributed by atoms with Gasteiger partial charge >= 0.3 is 0 Å². The van der Waals surface area contributed by atoms with Crippen molar-refractivity contribution in [1.29, 1.82) is 0 Å². The molecule has 21 heavy (non-hydrogen) atoms. The van der Waals surface area contributed by atoms with E-state index in [1.54, 1.807) is 18.1 Å². The Morgan fingerprint density at radius 1 is 1.29 bits per heavy atom. The quantitative estimate of drug-likeness (QED) is 0.797. The minimum absolute atomic E-state index is 0.197. The van der Waals surface area contributed by atoms with Gasteiger partial charge in [-0.2, -0.15) is 0 Å². The highest BCUT2D eigenvalue weighted by Gasteiger charge is 2.12. The van der Waals surface area contributed by atoms with E-state index in [1.807, 2.05) is 44.6 Å². The molecule has 0 saturated heterocycles. The molecule has 1 heterocycles. The first-order valence-corrected chi connectivity index (χ1v) is 7.99. The molecule has 1 aromatic heterocycles. The van der Waals surface area contributed by atoms with Crippen molar-refractivity contribution in [3.63, 3.8) is 0 Å². The fourth-order valence-corrected chi connectivity index (χ4v) is 2.99. The van der Waals surface area contributed by atoms with Crippen molar-refractivity contribution in [3.8, 4) is 5.75 Å². The number of nitrogens with zero attached hydrogens (tertiary/aromatic N) is 3. The van der Waals surface area contributed by atoms with Gasteiger partial charge in [-0.1, -0.05) is 23.9 Å². The molecule has 0 aliphatic rings. The van der Waals surface area contributed by atoms with Crippen LogP contribution in [0.2, 0.25) is 0 Å². The smallest absolute Gasteiger partial charge is 0.190 e. The molecule has 0 fully saturated rings. The molecule has 0 spiro atoms. The van der Waals surface area contributed by atoms with E-state index in [9.17, 15) is 0 Å². The van der Waals surface area contributed by atoms with Crippen LogP contribution in [0, 0.1) is 0 Å². The molecule has 0 radical (unpaired) electrons. The molecule has 114 valence electrons. The van der Waals surface area contributed by atoms with Crippen LogP contribution in [0.1, 0.15) is 25.5 Å². The van der Waals surface area contributed by atoms with E-state index in [1.165, 1.54) is 5.56 Å². The Labute approximate surface area is 130 Å². The van der Waals surface area contributed by atoms with Gasteiger partial charge in [0.25, 0.3) is 0 Å². The second-order valence-corrected chi connectivity index (χ2v) is 6.10. The van der Waals surface area contributed by atoms with Crippen molar-refractivity contribution in [2.75, 3.05) is 12.8 Å². The van der Waals surface area contributed by atoms with E-state index in [-0.39, 0.29) is 12.1 Å². The highest BCUT2D eigenvalue weighted by molar-refractivity contribution is 7.99. The van der Waals surface area contributed by atoms with Crippen molar-refractivity contribution in [2.24, 2.45) is 7.05 Å². The van der Waals surface area contributed by atoms with Gasteiger partial charge in [0.1, 0.15) is 12.1 Å². The molecule has 1 atom stereocenters. The lowest BCUT2D eigenvalue weighted by molar-refractivity contribution is 0.242. The van der Waals surface area contributed by atoms with Gasteiger partial charge in [-0.05, 0) is 38.6 Å². The summed E-state index contributed by atoms with van der Waals surface area (Å²) in [5, 5.41) is 12.3. The van der Waals surface area contributed by atoms with E-state index in [4.69, 9.17) is 4.74 Å². The second-order valence-electron chi connectivity index (χ2n) is 5.11. The fourth-order valence-electron chi connectivity index (χ4n) is 1.96. The highest BCUT2D eigenvalue weighted by Crippen LogP contribution is 2.24. The number of nitrogens with one attached hydrogen (secondary N) is 1.